The lowest BCUT2D eigenvalue weighted by atomic mass is 10.1. The van der Waals surface area contributed by atoms with Crippen molar-refractivity contribution in [2.45, 2.75) is 41.0 Å². The molecular formula is C16H34N4O2. The molecule has 0 spiro atoms. The van der Waals surface area contributed by atoms with Crippen molar-refractivity contribution in [2.24, 2.45) is 16.8 Å². The van der Waals surface area contributed by atoms with Crippen molar-refractivity contribution in [1.82, 2.24) is 16.0 Å². The third kappa shape index (κ3) is 12.4. The predicted molar refractivity (Wildman–Crippen MR) is 92.1 cm³/mol. The van der Waals surface area contributed by atoms with Gasteiger partial charge in [-0.15, -0.1) is 0 Å². The smallest absolute Gasteiger partial charge is 0.222 e. The Hall–Kier alpha value is -1.30. The molecule has 3 N–H and O–H groups in total. The van der Waals surface area contributed by atoms with Crippen LogP contribution in [0.4, 0.5) is 0 Å². The Morgan fingerprint density at radius 3 is 2.32 bits per heavy atom. The normalized spacial score (nSPS) is 11.9. The molecule has 0 saturated carbocycles. The fourth-order valence-electron chi connectivity index (χ4n) is 1.56. The van der Waals surface area contributed by atoms with Crippen molar-refractivity contribution in [3.8, 4) is 0 Å². The standard InChI is InChI=1S/C16H34N4O2/c1-6-17-16(19-9-8-18-15(21)14(4)5)20-10-12-22-11-7-13(2)3/h13-14H,6-12H2,1-5H3,(H,18,21)(H2,17,19,20). The summed E-state index contributed by atoms with van der Waals surface area (Å²) in [6.07, 6.45) is 1.08. The van der Waals surface area contributed by atoms with E-state index in [1.165, 1.54) is 0 Å². The van der Waals surface area contributed by atoms with Gasteiger partial charge in [-0.1, -0.05) is 27.7 Å². The van der Waals surface area contributed by atoms with Gasteiger partial charge in [-0.05, 0) is 19.3 Å². The summed E-state index contributed by atoms with van der Waals surface area (Å²) < 4.78 is 5.54. The van der Waals surface area contributed by atoms with Crippen molar-refractivity contribution in [3.05, 3.63) is 0 Å². The van der Waals surface area contributed by atoms with E-state index in [0.29, 0.717) is 32.2 Å². The maximum Gasteiger partial charge on any atom is 0.222 e. The first kappa shape index (κ1) is 20.7. The maximum atomic E-state index is 11.4. The highest BCUT2D eigenvalue weighted by Gasteiger charge is 2.05. The first-order valence-electron chi connectivity index (χ1n) is 8.35. The number of nitrogens with zero attached hydrogens (tertiary/aromatic N) is 1. The minimum Gasteiger partial charge on any atom is -0.380 e. The van der Waals surface area contributed by atoms with E-state index in [4.69, 9.17) is 4.74 Å². The van der Waals surface area contributed by atoms with Gasteiger partial charge in [0.25, 0.3) is 0 Å². The summed E-state index contributed by atoms with van der Waals surface area (Å²) in [7, 11) is 0. The summed E-state index contributed by atoms with van der Waals surface area (Å²) in [6, 6.07) is 0. The third-order valence-corrected chi connectivity index (χ3v) is 2.93. The molecule has 0 bridgehead atoms. The second-order valence-electron chi connectivity index (χ2n) is 5.93. The number of amides is 1. The number of aliphatic imine (C=N–C) groups is 1. The van der Waals surface area contributed by atoms with Crippen molar-refractivity contribution >= 4 is 11.9 Å². The molecule has 1 amide bonds. The molecule has 0 atom stereocenters. The van der Waals surface area contributed by atoms with Gasteiger partial charge in [-0.2, -0.15) is 0 Å². The number of hydrogen-bond donors (Lipinski definition) is 3. The van der Waals surface area contributed by atoms with Gasteiger partial charge in [0, 0.05) is 32.2 Å². The minimum atomic E-state index is 0.0184. The van der Waals surface area contributed by atoms with Crippen molar-refractivity contribution < 1.29 is 9.53 Å². The minimum absolute atomic E-state index is 0.0184. The highest BCUT2D eigenvalue weighted by atomic mass is 16.5. The molecule has 0 rings (SSSR count). The Kier molecular flexibility index (Phi) is 12.6. The molecule has 0 saturated heterocycles. The molecular weight excluding hydrogens is 280 g/mol. The van der Waals surface area contributed by atoms with Crippen LogP contribution in [-0.2, 0) is 9.53 Å². The van der Waals surface area contributed by atoms with E-state index >= 15 is 0 Å². The van der Waals surface area contributed by atoms with Crippen LogP contribution >= 0.6 is 0 Å². The van der Waals surface area contributed by atoms with Gasteiger partial charge in [0.1, 0.15) is 0 Å². The van der Waals surface area contributed by atoms with Gasteiger partial charge in [-0.3, -0.25) is 9.79 Å². The van der Waals surface area contributed by atoms with E-state index in [1.54, 1.807) is 0 Å². The Bertz CT molecular complexity index is 317. The lowest BCUT2D eigenvalue weighted by Crippen LogP contribution is -2.42. The number of carbonyl (C=O) groups is 1. The van der Waals surface area contributed by atoms with Crippen LogP contribution in [0, 0.1) is 11.8 Å². The topological polar surface area (TPSA) is 74.8 Å². The van der Waals surface area contributed by atoms with Gasteiger partial charge < -0.3 is 20.7 Å². The van der Waals surface area contributed by atoms with E-state index in [-0.39, 0.29) is 11.8 Å². The highest BCUT2D eigenvalue weighted by Crippen LogP contribution is 1.98. The summed E-state index contributed by atoms with van der Waals surface area (Å²) >= 11 is 0. The number of guanidine groups is 1. The van der Waals surface area contributed by atoms with E-state index in [1.807, 2.05) is 20.8 Å². The molecule has 0 aliphatic carbocycles. The average molecular weight is 314 g/mol. The monoisotopic (exact) mass is 314 g/mol. The number of rotatable bonds is 11. The Morgan fingerprint density at radius 2 is 1.73 bits per heavy atom. The lowest BCUT2D eigenvalue weighted by molar-refractivity contribution is -0.123. The van der Waals surface area contributed by atoms with E-state index in [2.05, 4.69) is 34.8 Å². The van der Waals surface area contributed by atoms with Gasteiger partial charge in [-0.25, -0.2) is 0 Å². The van der Waals surface area contributed by atoms with Crippen LogP contribution in [0.2, 0.25) is 0 Å². The molecule has 0 aromatic rings. The molecule has 0 aromatic carbocycles. The fourth-order valence-corrected chi connectivity index (χ4v) is 1.56. The van der Waals surface area contributed by atoms with Crippen LogP contribution in [0.5, 0.6) is 0 Å². The Labute approximate surface area is 135 Å². The highest BCUT2D eigenvalue weighted by molar-refractivity contribution is 5.80. The number of carbonyl (C=O) groups excluding carboxylic acids is 1. The summed E-state index contributed by atoms with van der Waals surface area (Å²) in [6.45, 7) is 14.3. The average Bonchev–Trinajstić information content (AvgIpc) is 2.46. The van der Waals surface area contributed by atoms with Crippen molar-refractivity contribution in [1.29, 1.82) is 0 Å². The summed E-state index contributed by atoms with van der Waals surface area (Å²) in [4.78, 5) is 15.9. The zero-order valence-corrected chi connectivity index (χ0v) is 14.9. The van der Waals surface area contributed by atoms with Gasteiger partial charge in [0.2, 0.25) is 5.91 Å². The molecule has 0 unspecified atom stereocenters. The molecule has 0 radical (unpaired) electrons. The van der Waals surface area contributed by atoms with Crippen LogP contribution in [0.15, 0.2) is 4.99 Å². The Balaban J connectivity index is 3.84. The van der Waals surface area contributed by atoms with Crippen LogP contribution in [-0.4, -0.2) is 51.3 Å². The molecule has 6 nitrogen and oxygen atoms in total. The number of hydrogen-bond acceptors (Lipinski definition) is 3. The third-order valence-electron chi connectivity index (χ3n) is 2.93. The summed E-state index contributed by atoms with van der Waals surface area (Å²) in [5, 5.41) is 9.23. The van der Waals surface area contributed by atoms with E-state index in [9.17, 15) is 4.79 Å². The van der Waals surface area contributed by atoms with Gasteiger partial charge >= 0.3 is 0 Å². The molecule has 6 heteroatoms. The molecule has 0 aliphatic rings. The van der Waals surface area contributed by atoms with Gasteiger partial charge in [0.05, 0.1) is 13.2 Å². The molecule has 0 fully saturated rings. The largest absolute Gasteiger partial charge is 0.380 e. The zero-order valence-electron chi connectivity index (χ0n) is 14.9. The van der Waals surface area contributed by atoms with Crippen LogP contribution in [0.25, 0.3) is 0 Å². The molecule has 130 valence electrons. The maximum absolute atomic E-state index is 11.4. The summed E-state index contributed by atoms with van der Waals surface area (Å²) in [5.74, 6) is 1.52. The second-order valence-corrected chi connectivity index (χ2v) is 5.93. The second kappa shape index (κ2) is 13.4. The fraction of sp³-hybridized carbons (Fsp3) is 0.875. The molecule has 0 heterocycles. The molecule has 22 heavy (non-hydrogen) atoms. The van der Waals surface area contributed by atoms with Crippen LogP contribution < -0.4 is 16.0 Å². The number of nitrogens with one attached hydrogen (secondary N) is 3. The first-order chi connectivity index (χ1) is 10.5. The van der Waals surface area contributed by atoms with E-state index in [0.717, 1.165) is 25.5 Å². The number of ether oxygens (including phenoxy) is 1. The SMILES string of the molecule is CCNC(=NCCOCCC(C)C)NCCNC(=O)C(C)C. The van der Waals surface area contributed by atoms with Crippen LogP contribution in [0.3, 0.4) is 0 Å². The predicted octanol–water partition coefficient (Wildman–Crippen LogP) is 1.38. The van der Waals surface area contributed by atoms with Crippen molar-refractivity contribution in [2.75, 3.05) is 39.4 Å². The summed E-state index contributed by atoms with van der Waals surface area (Å²) in [5.41, 5.74) is 0. The molecule has 0 aliphatic heterocycles. The first-order valence-corrected chi connectivity index (χ1v) is 8.35. The van der Waals surface area contributed by atoms with Gasteiger partial charge in [0.15, 0.2) is 5.96 Å². The van der Waals surface area contributed by atoms with E-state index < -0.39 is 0 Å². The molecule has 0 aromatic heterocycles. The van der Waals surface area contributed by atoms with Crippen molar-refractivity contribution in [3.63, 3.8) is 0 Å². The lowest BCUT2D eigenvalue weighted by Gasteiger charge is -2.12. The zero-order chi connectivity index (χ0) is 16.8. The van der Waals surface area contributed by atoms with Crippen LogP contribution in [0.1, 0.15) is 41.0 Å². The Morgan fingerprint density at radius 1 is 1.05 bits per heavy atom. The quantitative estimate of drug-likeness (QED) is 0.306.